The lowest BCUT2D eigenvalue weighted by molar-refractivity contribution is -0.473. The number of benzene rings is 2. The van der Waals surface area contributed by atoms with Crippen LogP contribution < -0.4 is 10.6 Å². The molecule has 0 aromatic heterocycles. The van der Waals surface area contributed by atoms with Gasteiger partial charge < -0.3 is 41.3 Å². The summed E-state index contributed by atoms with van der Waals surface area (Å²) < 4.78 is 0.619. The molecule has 2 aromatic carbocycles. The Labute approximate surface area is 258 Å². The number of nitroso groups, excluding NO2 is 1. The van der Waals surface area contributed by atoms with E-state index in [0.29, 0.717) is 48.6 Å². The number of rotatable bonds is 13. The van der Waals surface area contributed by atoms with Gasteiger partial charge in [0.2, 0.25) is 12.5 Å². The van der Waals surface area contributed by atoms with Crippen LogP contribution in [-0.4, -0.2) is 123 Å². The first-order valence-corrected chi connectivity index (χ1v) is 15.1. The molecule has 1 fully saturated rings. The lowest BCUT2D eigenvalue weighted by Crippen LogP contribution is -2.41. The van der Waals surface area contributed by atoms with Crippen molar-refractivity contribution in [1.29, 1.82) is 0 Å². The fraction of sp³-hybridized carbons (Fsp3) is 0.581. The first-order valence-electron chi connectivity index (χ1n) is 15.1. The smallest absolute Gasteiger partial charge is 0.297 e. The monoisotopic (exact) mass is 618 g/mol. The van der Waals surface area contributed by atoms with E-state index in [-0.39, 0.29) is 42.6 Å². The Hall–Kier alpha value is -3.17. The van der Waals surface area contributed by atoms with Gasteiger partial charge in [-0.2, -0.15) is 0 Å². The van der Waals surface area contributed by atoms with E-state index in [1.54, 1.807) is 12.1 Å². The summed E-state index contributed by atoms with van der Waals surface area (Å²) in [5.74, 6) is -2.36. The molecule has 0 bridgehead atoms. The van der Waals surface area contributed by atoms with Crippen LogP contribution in [0.4, 0.5) is 11.4 Å². The van der Waals surface area contributed by atoms with E-state index in [0.717, 1.165) is 37.2 Å². The maximum atomic E-state index is 12.8. The van der Waals surface area contributed by atoms with Crippen LogP contribution in [0.1, 0.15) is 28.7 Å². The first-order chi connectivity index (χ1) is 21.1. The lowest BCUT2D eigenvalue weighted by atomic mass is 10.1. The molecule has 2 aromatic rings. The largest absolute Gasteiger partial charge is 0.505 e. The maximum absolute atomic E-state index is 12.8. The number of anilines is 1. The Morgan fingerprint density at radius 2 is 1.43 bits per heavy atom. The molecule has 13 heteroatoms. The molecule has 8 N–H and O–H groups in total. The van der Waals surface area contributed by atoms with Crippen LogP contribution in [0.3, 0.4) is 0 Å². The highest BCUT2D eigenvalue weighted by molar-refractivity contribution is 5.94. The number of nitrogens with one attached hydrogen (secondary N) is 2. The standard InChI is InChI=1S/C31H47N5O8/c1-21-10-24(29(41)27(12-21)33-31(43)26(19-39)20-40)15-34-6-3-4-32-5-7-35(9-8-34)16-25-11-22(2)13-28(30(25)42)36(44)14-23(17-37)18-38/h10-13,23,26,32,37-40H,3-9,14-20H2,1-2H3,(H2-,33,41,42,43,44)/p+1. The number of nitrogens with zero attached hydrogens (tertiary/aromatic N) is 3. The molecular formula is C31H48N5O8+. The number of carbonyl (C=O) groups is 1. The fourth-order valence-corrected chi connectivity index (χ4v) is 5.27. The van der Waals surface area contributed by atoms with Crippen LogP contribution in [0.2, 0.25) is 0 Å². The van der Waals surface area contributed by atoms with Crippen molar-refractivity contribution in [3.8, 4) is 11.5 Å². The van der Waals surface area contributed by atoms with Crippen molar-refractivity contribution in [3.05, 3.63) is 51.4 Å². The highest BCUT2D eigenvalue weighted by Crippen LogP contribution is 2.33. The van der Waals surface area contributed by atoms with E-state index < -0.39 is 31.0 Å². The second kappa shape index (κ2) is 17.4. The number of aryl methyl sites for hydroxylation is 2. The summed E-state index contributed by atoms with van der Waals surface area (Å²) in [6, 6.07) is 6.97. The molecule has 13 nitrogen and oxygen atoms in total. The van der Waals surface area contributed by atoms with Crippen LogP contribution in [0.5, 0.6) is 11.5 Å². The molecule has 44 heavy (non-hydrogen) atoms. The molecule has 1 amide bonds. The number of hydrogen-bond acceptors (Lipinski definition) is 11. The summed E-state index contributed by atoms with van der Waals surface area (Å²) in [6.45, 7) is 7.03. The van der Waals surface area contributed by atoms with Crippen molar-refractivity contribution in [2.45, 2.75) is 33.4 Å². The number of aromatic hydroxyl groups is 2. The van der Waals surface area contributed by atoms with Gasteiger partial charge >= 0.3 is 0 Å². The van der Waals surface area contributed by atoms with E-state index in [1.165, 1.54) is 0 Å². The number of amides is 1. The van der Waals surface area contributed by atoms with E-state index in [1.807, 2.05) is 26.0 Å². The quantitative estimate of drug-likeness (QED) is 0.116. The number of phenolic OH excluding ortho intramolecular Hbond substituents is 2. The van der Waals surface area contributed by atoms with Crippen LogP contribution in [0.25, 0.3) is 0 Å². The van der Waals surface area contributed by atoms with Crippen molar-refractivity contribution in [3.63, 3.8) is 0 Å². The summed E-state index contributed by atoms with van der Waals surface area (Å²) in [6.07, 6.45) is 0.898. The van der Waals surface area contributed by atoms with Gasteiger partial charge in [0.1, 0.15) is 5.75 Å². The van der Waals surface area contributed by atoms with Crippen LogP contribution >= 0.6 is 0 Å². The summed E-state index contributed by atoms with van der Waals surface area (Å²) in [4.78, 5) is 29.7. The van der Waals surface area contributed by atoms with Gasteiger partial charge in [-0.15, -0.1) is 0 Å². The topological polar surface area (TPSA) is 189 Å². The minimum atomic E-state index is -0.988. The van der Waals surface area contributed by atoms with Gasteiger partial charge in [0.05, 0.1) is 44.0 Å². The Morgan fingerprint density at radius 3 is 2.05 bits per heavy atom. The predicted molar refractivity (Wildman–Crippen MR) is 166 cm³/mol. The Bertz CT molecular complexity index is 1250. The highest BCUT2D eigenvalue weighted by atomic mass is 16.3. The second-order valence-corrected chi connectivity index (χ2v) is 11.6. The zero-order valence-electron chi connectivity index (χ0n) is 25.7. The average molecular weight is 619 g/mol. The molecule has 1 heterocycles. The third-order valence-corrected chi connectivity index (χ3v) is 7.88. The molecule has 244 valence electrons. The van der Waals surface area contributed by atoms with E-state index in [4.69, 9.17) is 0 Å². The molecule has 0 saturated carbocycles. The number of aliphatic hydroxyl groups is 4. The third kappa shape index (κ3) is 9.92. The summed E-state index contributed by atoms with van der Waals surface area (Å²) in [5.41, 5.74) is 3.22. The Morgan fingerprint density at radius 1 is 0.841 bits per heavy atom. The number of aliphatic hydroxyl groups excluding tert-OH is 4. The van der Waals surface area contributed by atoms with Gasteiger partial charge in [-0.25, -0.2) is 0 Å². The van der Waals surface area contributed by atoms with Gasteiger partial charge in [-0.05, 0) is 50.6 Å². The minimum absolute atomic E-state index is 0.0605. The predicted octanol–water partition coefficient (Wildman–Crippen LogP) is 0.563. The number of carbonyl (C=O) groups excluding carboxylic acids is 1. The van der Waals surface area contributed by atoms with Crippen molar-refractivity contribution >= 4 is 17.3 Å². The van der Waals surface area contributed by atoms with Gasteiger partial charge in [-0.1, -0.05) is 12.1 Å². The average Bonchev–Trinajstić information content (AvgIpc) is 3.00. The Kier molecular flexibility index (Phi) is 13.9. The molecule has 0 aliphatic carbocycles. The summed E-state index contributed by atoms with van der Waals surface area (Å²) in [7, 11) is 0. The molecule has 1 aliphatic rings. The summed E-state index contributed by atoms with van der Waals surface area (Å²) >= 11 is 0. The number of phenols is 2. The van der Waals surface area contributed by atoms with E-state index in [2.05, 4.69) is 20.4 Å². The first kappa shape index (κ1) is 35.3. The van der Waals surface area contributed by atoms with Crippen molar-refractivity contribution < 1.29 is 40.2 Å². The molecule has 0 unspecified atom stereocenters. The second-order valence-electron chi connectivity index (χ2n) is 11.6. The molecule has 1 aliphatic heterocycles. The zero-order chi connectivity index (χ0) is 32.2. The van der Waals surface area contributed by atoms with Crippen LogP contribution in [-0.2, 0) is 17.9 Å². The molecule has 0 atom stereocenters. The normalized spacial score (nSPS) is 15.5. The van der Waals surface area contributed by atoms with Crippen LogP contribution in [0, 0.1) is 30.6 Å². The maximum Gasteiger partial charge on any atom is 0.297 e. The molecule has 0 spiro atoms. The van der Waals surface area contributed by atoms with Gasteiger partial charge in [0.15, 0.2) is 5.75 Å². The molecule has 1 saturated heterocycles. The minimum Gasteiger partial charge on any atom is -0.505 e. The van der Waals surface area contributed by atoms with E-state index >= 15 is 0 Å². The zero-order valence-corrected chi connectivity index (χ0v) is 25.7. The number of hydrogen-bond donors (Lipinski definition) is 8. The van der Waals surface area contributed by atoms with Gasteiger partial charge in [-0.3, -0.25) is 14.6 Å². The molecule has 3 rings (SSSR count). The summed E-state index contributed by atoms with van der Waals surface area (Å²) in [5, 5.41) is 65.6. The SMILES string of the molecule is Cc1cc(CN2CCCNCCN(Cc3cc(C)cc([N+](=O)CC(CO)CO)c3O)CC2)c(O)c(NC(=O)C(CO)CO)c1. The molecular weight excluding hydrogens is 570 g/mol. The highest BCUT2D eigenvalue weighted by Gasteiger charge is 2.27. The lowest BCUT2D eigenvalue weighted by Gasteiger charge is -2.30. The van der Waals surface area contributed by atoms with E-state index in [9.17, 15) is 40.3 Å². The molecule has 0 radical (unpaired) electrons. The van der Waals surface area contributed by atoms with Crippen molar-refractivity contribution in [1.82, 2.24) is 15.1 Å². The van der Waals surface area contributed by atoms with Crippen molar-refractivity contribution in [2.24, 2.45) is 11.8 Å². The van der Waals surface area contributed by atoms with Crippen molar-refractivity contribution in [2.75, 3.05) is 77.6 Å². The van der Waals surface area contributed by atoms with Crippen LogP contribution in [0.15, 0.2) is 24.3 Å². The Balaban J connectivity index is 1.76. The van der Waals surface area contributed by atoms with Gasteiger partial charge in [0, 0.05) is 66.1 Å². The fourth-order valence-electron chi connectivity index (χ4n) is 5.27. The third-order valence-electron chi connectivity index (χ3n) is 7.88. The van der Waals surface area contributed by atoms with Gasteiger partial charge in [0.25, 0.3) is 5.69 Å².